The summed E-state index contributed by atoms with van der Waals surface area (Å²) in [5.74, 6) is 0. The lowest BCUT2D eigenvalue weighted by Gasteiger charge is -2.20. The molecule has 108 valence electrons. The van der Waals surface area contributed by atoms with Crippen LogP contribution in [-0.2, 0) is 6.42 Å². The highest BCUT2D eigenvalue weighted by Gasteiger charge is 2.15. The molecule has 0 aliphatic heterocycles. The van der Waals surface area contributed by atoms with Crippen LogP contribution in [0.3, 0.4) is 0 Å². The zero-order chi connectivity index (χ0) is 14.5. The molecule has 1 heterocycles. The van der Waals surface area contributed by atoms with Crippen LogP contribution in [0.4, 0.5) is 0 Å². The fourth-order valence-electron chi connectivity index (χ4n) is 2.61. The first-order valence-electron chi connectivity index (χ1n) is 7.46. The summed E-state index contributed by atoms with van der Waals surface area (Å²) < 4.78 is 0. The Balaban J connectivity index is 2.23. The maximum atomic E-state index is 3.71. The standard InChI is InChI=1S/C18H25NS/c1-5-11-19-17(18-10-9-15(4)20-18)12-16-13(2)7-6-8-14(16)3/h6-10,17,19H,5,11-12H2,1-4H3. The van der Waals surface area contributed by atoms with E-state index >= 15 is 0 Å². The largest absolute Gasteiger partial charge is 0.309 e. The van der Waals surface area contributed by atoms with Gasteiger partial charge in [-0.25, -0.2) is 0 Å². The first-order valence-corrected chi connectivity index (χ1v) is 8.28. The highest BCUT2D eigenvalue weighted by Crippen LogP contribution is 2.28. The van der Waals surface area contributed by atoms with E-state index in [0.717, 1.165) is 13.0 Å². The van der Waals surface area contributed by atoms with Gasteiger partial charge in [-0.05, 0) is 69.0 Å². The average Bonchev–Trinajstić information content (AvgIpc) is 2.84. The van der Waals surface area contributed by atoms with Crippen LogP contribution in [-0.4, -0.2) is 6.54 Å². The molecule has 2 aromatic rings. The number of hydrogen-bond acceptors (Lipinski definition) is 2. The Morgan fingerprint density at radius 3 is 2.30 bits per heavy atom. The number of thiophene rings is 1. The molecular weight excluding hydrogens is 262 g/mol. The number of rotatable bonds is 6. The van der Waals surface area contributed by atoms with Crippen LogP contribution in [0.5, 0.6) is 0 Å². The molecule has 1 N–H and O–H groups in total. The Labute approximate surface area is 127 Å². The zero-order valence-electron chi connectivity index (χ0n) is 13.0. The van der Waals surface area contributed by atoms with E-state index in [1.807, 2.05) is 11.3 Å². The van der Waals surface area contributed by atoms with Gasteiger partial charge in [0, 0.05) is 15.8 Å². The molecule has 0 saturated heterocycles. The Bertz CT molecular complexity index is 536. The molecule has 0 aliphatic rings. The van der Waals surface area contributed by atoms with Crippen LogP contribution < -0.4 is 5.32 Å². The Kier molecular flexibility index (Phi) is 5.38. The van der Waals surface area contributed by atoms with Crippen molar-refractivity contribution < 1.29 is 0 Å². The third kappa shape index (κ3) is 3.71. The van der Waals surface area contributed by atoms with E-state index in [1.165, 1.54) is 32.9 Å². The van der Waals surface area contributed by atoms with E-state index in [2.05, 4.69) is 63.3 Å². The van der Waals surface area contributed by atoms with Crippen molar-refractivity contribution in [2.24, 2.45) is 0 Å². The van der Waals surface area contributed by atoms with E-state index in [9.17, 15) is 0 Å². The smallest absolute Gasteiger partial charge is 0.0455 e. The molecule has 1 unspecified atom stereocenters. The third-order valence-electron chi connectivity index (χ3n) is 3.80. The third-order valence-corrected chi connectivity index (χ3v) is 4.91. The maximum absolute atomic E-state index is 3.71. The van der Waals surface area contributed by atoms with E-state index in [4.69, 9.17) is 0 Å². The SMILES string of the molecule is CCCNC(Cc1c(C)cccc1C)c1ccc(C)s1. The summed E-state index contributed by atoms with van der Waals surface area (Å²) in [6.45, 7) is 9.93. The Hall–Kier alpha value is -1.12. The Morgan fingerprint density at radius 2 is 1.75 bits per heavy atom. The molecule has 2 heteroatoms. The van der Waals surface area contributed by atoms with Crippen molar-refractivity contribution in [1.82, 2.24) is 5.32 Å². The summed E-state index contributed by atoms with van der Waals surface area (Å²) in [5, 5.41) is 3.71. The van der Waals surface area contributed by atoms with E-state index < -0.39 is 0 Å². The molecule has 1 nitrogen and oxygen atoms in total. The van der Waals surface area contributed by atoms with Crippen LogP contribution in [0.1, 0.15) is 45.8 Å². The van der Waals surface area contributed by atoms with E-state index in [-0.39, 0.29) is 0 Å². The van der Waals surface area contributed by atoms with Crippen LogP contribution >= 0.6 is 11.3 Å². The second-order valence-corrected chi connectivity index (χ2v) is 6.85. The van der Waals surface area contributed by atoms with Gasteiger partial charge in [-0.2, -0.15) is 0 Å². The lowest BCUT2D eigenvalue weighted by Crippen LogP contribution is -2.23. The van der Waals surface area contributed by atoms with Gasteiger partial charge in [0.15, 0.2) is 0 Å². The van der Waals surface area contributed by atoms with Crippen LogP contribution in [0, 0.1) is 20.8 Å². The van der Waals surface area contributed by atoms with Gasteiger partial charge in [0.2, 0.25) is 0 Å². The summed E-state index contributed by atoms with van der Waals surface area (Å²) in [4.78, 5) is 2.85. The Morgan fingerprint density at radius 1 is 1.05 bits per heavy atom. The van der Waals surface area contributed by atoms with Crippen molar-refractivity contribution in [3.63, 3.8) is 0 Å². The lowest BCUT2D eigenvalue weighted by atomic mass is 9.95. The summed E-state index contributed by atoms with van der Waals surface area (Å²) in [6.07, 6.45) is 2.26. The van der Waals surface area contributed by atoms with E-state index in [1.54, 1.807) is 0 Å². The number of aryl methyl sites for hydroxylation is 3. The van der Waals surface area contributed by atoms with E-state index in [0.29, 0.717) is 6.04 Å². The topological polar surface area (TPSA) is 12.0 Å². The fourth-order valence-corrected chi connectivity index (χ4v) is 3.56. The minimum absolute atomic E-state index is 0.438. The molecule has 2 rings (SSSR count). The van der Waals surface area contributed by atoms with Gasteiger partial charge in [-0.1, -0.05) is 25.1 Å². The summed E-state index contributed by atoms with van der Waals surface area (Å²) >= 11 is 1.91. The van der Waals surface area contributed by atoms with Crippen molar-refractivity contribution >= 4 is 11.3 Å². The quantitative estimate of drug-likeness (QED) is 0.792. The summed E-state index contributed by atoms with van der Waals surface area (Å²) in [7, 11) is 0. The van der Waals surface area contributed by atoms with Gasteiger partial charge in [0.25, 0.3) is 0 Å². The highest BCUT2D eigenvalue weighted by atomic mass is 32.1. The monoisotopic (exact) mass is 287 g/mol. The second kappa shape index (κ2) is 7.05. The zero-order valence-corrected chi connectivity index (χ0v) is 13.8. The van der Waals surface area contributed by atoms with Crippen molar-refractivity contribution in [1.29, 1.82) is 0 Å². The fraction of sp³-hybridized carbons (Fsp3) is 0.444. The molecule has 0 spiro atoms. The van der Waals surface area contributed by atoms with Crippen molar-refractivity contribution in [2.75, 3.05) is 6.54 Å². The van der Waals surface area contributed by atoms with Crippen LogP contribution in [0.2, 0.25) is 0 Å². The van der Waals surface area contributed by atoms with Gasteiger partial charge in [0.1, 0.15) is 0 Å². The normalized spacial score (nSPS) is 12.6. The molecule has 0 amide bonds. The maximum Gasteiger partial charge on any atom is 0.0455 e. The summed E-state index contributed by atoms with van der Waals surface area (Å²) in [6, 6.07) is 11.5. The molecule has 0 radical (unpaired) electrons. The molecule has 0 bridgehead atoms. The number of nitrogens with one attached hydrogen (secondary N) is 1. The first-order chi connectivity index (χ1) is 9.61. The van der Waals surface area contributed by atoms with Crippen molar-refractivity contribution in [2.45, 2.75) is 46.6 Å². The second-order valence-electron chi connectivity index (χ2n) is 5.53. The van der Waals surface area contributed by atoms with Gasteiger partial charge in [0.05, 0.1) is 0 Å². The molecule has 0 saturated carbocycles. The molecule has 1 aromatic carbocycles. The molecule has 1 aromatic heterocycles. The molecule has 0 aliphatic carbocycles. The van der Waals surface area contributed by atoms with Gasteiger partial charge < -0.3 is 5.32 Å². The van der Waals surface area contributed by atoms with Crippen molar-refractivity contribution in [3.8, 4) is 0 Å². The molecule has 0 fully saturated rings. The molecular formula is C18H25NS. The van der Waals surface area contributed by atoms with Crippen LogP contribution in [0.25, 0.3) is 0 Å². The van der Waals surface area contributed by atoms with Gasteiger partial charge >= 0.3 is 0 Å². The minimum atomic E-state index is 0.438. The lowest BCUT2D eigenvalue weighted by molar-refractivity contribution is 0.535. The highest BCUT2D eigenvalue weighted by molar-refractivity contribution is 7.12. The van der Waals surface area contributed by atoms with Gasteiger partial charge in [-0.15, -0.1) is 11.3 Å². The minimum Gasteiger partial charge on any atom is -0.309 e. The summed E-state index contributed by atoms with van der Waals surface area (Å²) in [5.41, 5.74) is 4.30. The number of benzene rings is 1. The predicted octanol–water partition coefficient (Wildman–Crippen LogP) is 4.96. The van der Waals surface area contributed by atoms with Crippen molar-refractivity contribution in [3.05, 3.63) is 56.8 Å². The van der Waals surface area contributed by atoms with Gasteiger partial charge in [-0.3, -0.25) is 0 Å². The average molecular weight is 287 g/mol. The molecule has 1 atom stereocenters. The molecule has 20 heavy (non-hydrogen) atoms. The first kappa shape index (κ1) is 15.3. The predicted molar refractivity (Wildman–Crippen MR) is 89.7 cm³/mol. The van der Waals surface area contributed by atoms with Crippen LogP contribution in [0.15, 0.2) is 30.3 Å². The number of hydrogen-bond donors (Lipinski definition) is 1.